The highest BCUT2D eigenvalue weighted by molar-refractivity contribution is 5.86. The Bertz CT molecular complexity index is 489. The number of benzene rings is 1. The van der Waals surface area contributed by atoms with Gasteiger partial charge in [0.05, 0.1) is 13.2 Å². The van der Waals surface area contributed by atoms with E-state index in [1.807, 2.05) is 0 Å². The second-order valence-corrected chi connectivity index (χ2v) is 4.50. The van der Waals surface area contributed by atoms with Crippen LogP contribution < -0.4 is 9.47 Å². The average molecular weight is 278 g/mol. The van der Waals surface area contributed by atoms with Gasteiger partial charge in [-0.05, 0) is 25.0 Å². The molecule has 1 aromatic rings. The van der Waals surface area contributed by atoms with Crippen LogP contribution in [0.4, 0.5) is 0 Å². The molecule has 0 spiro atoms. The Morgan fingerprint density at radius 3 is 3.05 bits per heavy atom. The summed E-state index contributed by atoms with van der Waals surface area (Å²) in [4.78, 5) is 10.6. The van der Waals surface area contributed by atoms with E-state index in [4.69, 9.17) is 19.3 Å². The first kappa shape index (κ1) is 14.4. The number of rotatable bonds is 6. The molecule has 1 aromatic carbocycles. The molecule has 0 aromatic heterocycles. The van der Waals surface area contributed by atoms with Crippen molar-refractivity contribution in [1.82, 2.24) is 0 Å². The molecule has 2 rings (SSSR count). The van der Waals surface area contributed by atoms with Crippen LogP contribution in [0, 0.1) is 0 Å². The summed E-state index contributed by atoms with van der Waals surface area (Å²) in [5, 5.41) is 8.72. The highest BCUT2D eigenvalue weighted by atomic mass is 16.5. The molecule has 1 aliphatic heterocycles. The Morgan fingerprint density at radius 2 is 2.40 bits per heavy atom. The van der Waals surface area contributed by atoms with Gasteiger partial charge in [0.15, 0.2) is 11.5 Å². The first-order valence-electron chi connectivity index (χ1n) is 6.53. The second-order valence-electron chi connectivity index (χ2n) is 4.50. The number of para-hydroxylation sites is 1. The van der Waals surface area contributed by atoms with E-state index >= 15 is 0 Å². The fourth-order valence-electron chi connectivity index (χ4n) is 2.09. The molecule has 1 aliphatic rings. The Morgan fingerprint density at radius 1 is 1.55 bits per heavy atom. The van der Waals surface area contributed by atoms with E-state index in [-0.39, 0.29) is 6.10 Å². The van der Waals surface area contributed by atoms with Crippen molar-refractivity contribution < 1.29 is 24.1 Å². The SMILES string of the molecule is COc1cccc(/C=C/C(=O)O)c1OCC1CCCO1. The number of ether oxygens (including phenoxy) is 3. The van der Waals surface area contributed by atoms with Gasteiger partial charge in [-0.25, -0.2) is 4.79 Å². The highest BCUT2D eigenvalue weighted by Crippen LogP contribution is 2.32. The summed E-state index contributed by atoms with van der Waals surface area (Å²) in [5.74, 6) is 0.122. The molecule has 0 aliphatic carbocycles. The van der Waals surface area contributed by atoms with Gasteiger partial charge in [0.1, 0.15) is 6.61 Å². The smallest absolute Gasteiger partial charge is 0.328 e. The van der Waals surface area contributed by atoms with E-state index in [2.05, 4.69) is 0 Å². The molecule has 20 heavy (non-hydrogen) atoms. The lowest BCUT2D eigenvalue weighted by molar-refractivity contribution is -0.131. The van der Waals surface area contributed by atoms with Crippen molar-refractivity contribution in [2.24, 2.45) is 0 Å². The third-order valence-electron chi connectivity index (χ3n) is 3.07. The number of hydrogen-bond donors (Lipinski definition) is 1. The summed E-state index contributed by atoms with van der Waals surface area (Å²) in [6, 6.07) is 5.36. The largest absolute Gasteiger partial charge is 0.493 e. The number of carbonyl (C=O) groups is 1. The quantitative estimate of drug-likeness (QED) is 0.809. The minimum atomic E-state index is -1.00. The van der Waals surface area contributed by atoms with Crippen LogP contribution in [0.25, 0.3) is 6.08 Å². The van der Waals surface area contributed by atoms with Crippen LogP contribution in [0.5, 0.6) is 11.5 Å². The minimum Gasteiger partial charge on any atom is -0.493 e. The van der Waals surface area contributed by atoms with E-state index in [0.717, 1.165) is 25.5 Å². The molecule has 5 nitrogen and oxygen atoms in total. The Hall–Kier alpha value is -2.01. The van der Waals surface area contributed by atoms with Gasteiger partial charge in [0.2, 0.25) is 0 Å². The number of methoxy groups -OCH3 is 1. The van der Waals surface area contributed by atoms with Gasteiger partial charge in [-0.15, -0.1) is 0 Å². The Labute approximate surface area is 117 Å². The summed E-state index contributed by atoms with van der Waals surface area (Å²) >= 11 is 0. The van der Waals surface area contributed by atoms with Crippen LogP contribution in [0.2, 0.25) is 0 Å². The van der Waals surface area contributed by atoms with Crippen LogP contribution in [0.3, 0.4) is 0 Å². The maximum absolute atomic E-state index is 10.6. The summed E-state index contributed by atoms with van der Waals surface area (Å²) in [6.45, 7) is 1.21. The number of hydrogen-bond acceptors (Lipinski definition) is 4. The van der Waals surface area contributed by atoms with Gasteiger partial charge in [-0.2, -0.15) is 0 Å². The van der Waals surface area contributed by atoms with Crippen molar-refractivity contribution >= 4 is 12.0 Å². The molecule has 0 bridgehead atoms. The van der Waals surface area contributed by atoms with E-state index in [0.29, 0.717) is 23.7 Å². The zero-order valence-electron chi connectivity index (χ0n) is 11.4. The molecule has 1 heterocycles. The lowest BCUT2D eigenvalue weighted by Crippen LogP contribution is -2.17. The third-order valence-corrected chi connectivity index (χ3v) is 3.07. The highest BCUT2D eigenvalue weighted by Gasteiger charge is 2.18. The summed E-state index contributed by atoms with van der Waals surface area (Å²) in [6.07, 6.45) is 4.70. The minimum absolute atomic E-state index is 0.0937. The molecule has 0 radical (unpaired) electrons. The van der Waals surface area contributed by atoms with E-state index < -0.39 is 5.97 Å². The molecule has 0 saturated carbocycles. The van der Waals surface area contributed by atoms with E-state index in [9.17, 15) is 4.79 Å². The molecule has 1 fully saturated rings. The van der Waals surface area contributed by atoms with Gasteiger partial charge in [0, 0.05) is 18.2 Å². The van der Waals surface area contributed by atoms with E-state index in [1.165, 1.54) is 6.08 Å². The zero-order valence-corrected chi connectivity index (χ0v) is 11.4. The second kappa shape index (κ2) is 6.96. The molecule has 1 unspecified atom stereocenters. The Balaban J connectivity index is 2.15. The van der Waals surface area contributed by atoms with Gasteiger partial charge in [0.25, 0.3) is 0 Å². The first-order chi connectivity index (χ1) is 9.70. The molecule has 1 atom stereocenters. The van der Waals surface area contributed by atoms with Crippen molar-refractivity contribution in [3.05, 3.63) is 29.8 Å². The maximum Gasteiger partial charge on any atom is 0.328 e. The van der Waals surface area contributed by atoms with Crippen molar-refractivity contribution in [3.63, 3.8) is 0 Å². The van der Waals surface area contributed by atoms with Gasteiger partial charge in [-0.3, -0.25) is 0 Å². The molecule has 5 heteroatoms. The summed E-state index contributed by atoms with van der Waals surface area (Å²) < 4.78 is 16.6. The third kappa shape index (κ3) is 3.74. The van der Waals surface area contributed by atoms with Gasteiger partial charge >= 0.3 is 5.97 Å². The van der Waals surface area contributed by atoms with Crippen LogP contribution in [0.1, 0.15) is 18.4 Å². The molecule has 108 valence electrons. The number of aliphatic carboxylic acids is 1. The number of carboxylic acids is 1. The maximum atomic E-state index is 10.6. The fourth-order valence-corrected chi connectivity index (χ4v) is 2.09. The average Bonchev–Trinajstić information content (AvgIpc) is 2.96. The van der Waals surface area contributed by atoms with Gasteiger partial charge < -0.3 is 19.3 Å². The van der Waals surface area contributed by atoms with Crippen LogP contribution in [0.15, 0.2) is 24.3 Å². The predicted octanol–water partition coefficient (Wildman–Crippen LogP) is 2.35. The first-order valence-corrected chi connectivity index (χ1v) is 6.53. The van der Waals surface area contributed by atoms with Crippen LogP contribution >= 0.6 is 0 Å². The number of carboxylic acid groups (broad SMARTS) is 1. The molecule has 1 saturated heterocycles. The van der Waals surface area contributed by atoms with Gasteiger partial charge in [-0.1, -0.05) is 12.1 Å². The van der Waals surface area contributed by atoms with Crippen LogP contribution in [-0.4, -0.2) is 37.5 Å². The topological polar surface area (TPSA) is 65.0 Å². The summed E-state index contributed by atoms with van der Waals surface area (Å²) in [7, 11) is 1.55. The standard InChI is InChI=1S/C15H18O5/c1-18-13-6-2-4-11(7-8-14(16)17)15(13)20-10-12-5-3-9-19-12/h2,4,6-8,12H,3,5,9-10H2,1H3,(H,16,17)/b8-7+. The molecule has 0 amide bonds. The molecule has 1 N–H and O–H groups in total. The molecular formula is C15H18O5. The van der Waals surface area contributed by atoms with Crippen LogP contribution in [-0.2, 0) is 9.53 Å². The zero-order chi connectivity index (χ0) is 14.4. The fraction of sp³-hybridized carbons (Fsp3) is 0.400. The predicted molar refractivity (Wildman–Crippen MR) is 74.1 cm³/mol. The van der Waals surface area contributed by atoms with Crippen molar-refractivity contribution in [2.75, 3.05) is 20.3 Å². The Kier molecular flexibility index (Phi) is 5.01. The van der Waals surface area contributed by atoms with E-state index in [1.54, 1.807) is 25.3 Å². The molecular weight excluding hydrogens is 260 g/mol. The van der Waals surface area contributed by atoms with Crippen molar-refractivity contribution in [1.29, 1.82) is 0 Å². The normalized spacial score (nSPS) is 18.4. The lowest BCUT2D eigenvalue weighted by Gasteiger charge is -2.16. The van der Waals surface area contributed by atoms with Crippen molar-refractivity contribution in [3.8, 4) is 11.5 Å². The monoisotopic (exact) mass is 278 g/mol. The van der Waals surface area contributed by atoms with Crippen molar-refractivity contribution in [2.45, 2.75) is 18.9 Å². The summed E-state index contributed by atoms with van der Waals surface area (Å²) in [5.41, 5.74) is 0.671. The lowest BCUT2D eigenvalue weighted by atomic mass is 10.1.